The molecule has 4 nitrogen and oxygen atoms in total. The van der Waals surface area contributed by atoms with Crippen molar-refractivity contribution in [3.05, 3.63) is 152 Å². The first-order valence-corrected chi connectivity index (χ1v) is 17.2. The average Bonchev–Trinajstić information content (AvgIpc) is 3.85. The molecule has 0 aliphatic rings. The van der Waals surface area contributed by atoms with Crippen molar-refractivity contribution in [2.24, 2.45) is 0 Å². The normalized spacial score (nSPS) is 12.1. The van der Waals surface area contributed by atoms with E-state index < -0.39 is 0 Å². The van der Waals surface area contributed by atoms with Crippen LogP contribution in [-0.2, 0) is 0 Å². The molecule has 0 N–H and O–H groups in total. The number of hydrogen-bond donors (Lipinski definition) is 0. The molecule has 0 saturated carbocycles. The van der Waals surface area contributed by atoms with E-state index in [1.165, 1.54) is 36.5 Å². The van der Waals surface area contributed by atoms with Crippen LogP contribution in [0, 0.1) is 0 Å². The van der Waals surface area contributed by atoms with Gasteiger partial charge in [-0.25, -0.2) is 9.97 Å². The molecule has 11 aromatic rings. The number of fused-ring (bicyclic) bond motifs is 13. The fourth-order valence-corrected chi connectivity index (χ4v) is 8.92. The average molecular weight is 644 g/mol. The fraction of sp³-hybridized carbons (Fsp3) is 0. The van der Waals surface area contributed by atoms with Gasteiger partial charge in [0.05, 0.1) is 32.3 Å². The lowest BCUT2D eigenvalue weighted by Crippen LogP contribution is -1.97. The van der Waals surface area contributed by atoms with E-state index in [0.29, 0.717) is 5.82 Å². The number of aromatic nitrogens is 3. The molecule has 0 aliphatic heterocycles. The molecule has 0 fully saturated rings. The van der Waals surface area contributed by atoms with E-state index in [1.807, 2.05) is 29.5 Å². The van der Waals surface area contributed by atoms with Gasteiger partial charge in [0, 0.05) is 53.8 Å². The predicted octanol–water partition coefficient (Wildman–Crippen LogP) is 12.3. The first-order chi connectivity index (χ1) is 24.3. The van der Waals surface area contributed by atoms with Gasteiger partial charge in [-0.05, 0) is 48.5 Å². The van der Waals surface area contributed by atoms with Crippen LogP contribution in [0.2, 0.25) is 0 Å². The number of furan rings is 1. The van der Waals surface area contributed by atoms with Crippen molar-refractivity contribution >= 4 is 86.2 Å². The number of rotatable bonds is 3. The smallest absolute Gasteiger partial charge is 0.160 e. The van der Waals surface area contributed by atoms with Crippen LogP contribution in [0.3, 0.4) is 0 Å². The highest BCUT2D eigenvalue weighted by molar-refractivity contribution is 7.27. The summed E-state index contributed by atoms with van der Waals surface area (Å²) >= 11 is 1.86. The Morgan fingerprint density at radius 2 is 1.20 bits per heavy atom. The summed E-state index contributed by atoms with van der Waals surface area (Å²) in [7, 11) is 0. The number of nitrogens with zero attached hydrogens (tertiary/aromatic N) is 3. The molecule has 49 heavy (non-hydrogen) atoms. The van der Waals surface area contributed by atoms with Crippen molar-refractivity contribution in [2.75, 3.05) is 0 Å². The van der Waals surface area contributed by atoms with E-state index in [1.54, 1.807) is 0 Å². The summed E-state index contributed by atoms with van der Waals surface area (Å²) in [6, 6.07) is 53.2. The fourth-order valence-electron chi connectivity index (χ4n) is 7.66. The Balaban J connectivity index is 1.20. The molecule has 0 spiro atoms. The molecule has 0 amide bonds. The molecule has 228 valence electrons. The first-order valence-electron chi connectivity index (χ1n) is 16.4. The summed E-state index contributed by atoms with van der Waals surface area (Å²) in [5.74, 6) is 0.710. The summed E-state index contributed by atoms with van der Waals surface area (Å²) in [4.78, 5) is 10.1. The Bertz CT molecular complexity index is 3100. The van der Waals surface area contributed by atoms with Crippen molar-refractivity contribution in [2.45, 2.75) is 0 Å². The molecule has 0 unspecified atom stereocenters. The Morgan fingerprint density at radius 3 is 2.06 bits per heavy atom. The Labute approximate surface area is 284 Å². The molecule has 7 aromatic carbocycles. The molecular formula is C44H25N3OS. The highest BCUT2D eigenvalue weighted by Crippen LogP contribution is 2.50. The topological polar surface area (TPSA) is 43.9 Å². The van der Waals surface area contributed by atoms with Gasteiger partial charge in [-0.3, -0.25) is 0 Å². The van der Waals surface area contributed by atoms with Gasteiger partial charge < -0.3 is 8.98 Å². The molecule has 0 radical (unpaired) electrons. The van der Waals surface area contributed by atoms with Crippen LogP contribution in [0.4, 0.5) is 0 Å². The summed E-state index contributed by atoms with van der Waals surface area (Å²) in [6.45, 7) is 0. The van der Waals surface area contributed by atoms with Crippen LogP contribution in [0.5, 0.6) is 0 Å². The number of benzene rings is 7. The van der Waals surface area contributed by atoms with Gasteiger partial charge in [-0.2, -0.15) is 0 Å². The lowest BCUT2D eigenvalue weighted by molar-refractivity contribution is 0.673. The van der Waals surface area contributed by atoms with Crippen molar-refractivity contribution in [1.82, 2.24) is 14.5 Å². The number of para-hydroxylation sites is 3. The standard InChI is InChI=1S/C44H25N3OS/c1-2-12-26(13-3-1)40-29-14-4-8-18-33(29)45-44(46-40)27-22-24-28(25-23-27)47-34-19-9-5-15-30(34)39-41(47)43-38(32-17-7-11-21-36(32)49-43)37-31-16-6-10-20-35(31)48-42(37)39/h1-25H. The van der Waals surface area contributed by atoms with E-state index in [9.17, 15) is 0 Å². The third-order valence-corrected chi connectivity index (χ3v) is 11.0. The minimum Gasteiger partial charge on any atom is -0.455 e. The van der Waals surface area contributed by atoms with Crippen molar-refractivity contribution in [3.8, 4) is 28.3 Å². The highest BCUT2D eigenvalue weighted by Gasteiger charge is 2.25. The SMILES string of the molecule is c1ccc(-c2nc(-c3ccc(-n4c5ccccc5c5c6oc7ccccc7c6c6c7ccccc7sc6c54)cc3)nc3ccccc23)cc1. The molecule has 5 heteroatoms. The quantitative estimate of drug-likeness (QED) is 0.192. The van der Waals surface area contributed by atoms with Gasteiger partial charge in [0.2, 0.25) is 0 Å². The van der Waals surface area contributed by atoms with Gasteiger partial charge in [0.1, 0.15) is 11.2 Å². The second-order valence-electron chi connectivity index (χ2n) is 12.5. The Kier molecular flexibility index (Phi) is 5.51. The van der Waals surface area contributed by atoms with Gasteiger partial charge in [-0.15, -0.1) is 11.3 Å². The van der Waals surface area contributed by atoms with Crippen LogP contribution in [-0.4, -0.2) is 14.5 Å². The van der Waals surface area contributed by atoms with E-state index in [4.69, 9.17) is 14.4 Å². The van der Waals surface area contributed by atoms with Crippen LogP contribution in [0.1, 0.15) is 0 Å². The maximum Gasteiger partial charge on any atom is 0.160 e. The summed E-state index contributed by atoms with van der Waals surface area (Å²) in [6.07, 6.45) is 0. The lowest BCUT2D eigenvalue weighted by Gasteiger charge is -2.11. The summed E-state index contributed by atoms with van der Waals surface area (Å²) in [5.41, 5.74) is 9.16. The van der Waals surface area contributed by atoms with Crippen LogP contribution in [0.15, 0.2) is 156 Å². The monoisotopic (exact) mass is 643 g/mol. The molecule has 11 rings (SSSR count). The molecule has 0 atom stereocenters. The maximum atomic E-state index is 6.78. The Morgan fingerprint density at radius 1 is 0.510 bits per heavy atom. The van der Waals surface area contributed by atoms with Gasteiger partial charge in [0.15, 0.2) is 5.82 Å². The minimum absolute atomic E-state index is 0.710. The van der Waals surface area contributed by atoms with E-state index >= 15 is 0 Å². The number of thiophene rings is 1. The highest BCUT2D eigenvalue weighted by atomic mass is 32.1. The summed E-state index contributed by atoms with van der Waals surface area (Å²) < 4.78 is 11.7. The molecule has 0 bridgehead atoms. The third-order valence-electron chi connectivity index (χ3n) is 9.79. The van der Waals surface area contributed by atoms with E-state index in [2.05, 4.69) is 138 Å². The maximum absolute atomic E-state index is 6.78. The summed E-state index contributed by atoms with van der Waals surface area (Å²) in [5, 5.41) is 8.23. The Hall–Kier alpha value is -6.30. The molecule has 4 aromatic heterocycles. The zero-order chi connectivity index (χ0) is 32.1. The second-order valence-corrected chi connectivity index (χ2v) is 13.6. The second kappa shape index (κ2) is 10.1. The zero-order valence-corrected chi connectivity index (χ0v) is 26.9. The predicted molar refractivity (Wildman–Crippen MR) is 205 cm³/mol. The van der Waals surface area contributed by atoms with E-state index in [0.717, 1.165) is 60.9 Å². The van der Waals surface area contributed by atoms with Crippen molar-refractivity contribution in [3.63, 3.8) is 0 Å². The van der Waals surface area contributed by atoms with Crippen LogP contribution in [0.25, 0.3) is 103 Å². The van der Waals surface area contributed by atoms with Gasteiger partial charge >= 0.3 is 0 Å². The number of hydrogen-bond acceptors (Lipinski definition) is 4. The van der Waals surface area contributed by atoms with Crippen LogP contribution < -0.4 is 0 Å². The van der Waals surface area contributed by atoms with Gasteiger partial charge in [0.25, 0.3) is 0 Å². The third kappa shape index (κ3) is 3.79. The molecule has 0 saturated heterocycles. The minimum atomic E-state index is 0.710. The van der Waals surface area contributed by atoms with Crippen LogP contribution >= 0.6 is 11.3 Å². The molecular weight excluding hydrogens is 619 g/mol. The van der Waals surface area contributed by atoms with E-state index in [-0.39, 0.29) is 0 Å². The van der Waals surface area contributed by atoms with Crippen molar-refractivity contribution < 1.29 is 4.42 Å². The molecule has 0 aliphatic carbocycles. The zero-order valence-electron chi connectivity index (χ0n) is 26.1. The molecule has 4 heterocycles. The van der Waals surface area contributed by atoms with Gasteiger partial charge in [-0.1, -0.05) is 103 Å². The lowest BCUT2D eigenvalue weighted by atomic mass is 10.0. The van der Waals surface area contributed by atoms with Crippen molar-refractivity contribution in [1.29, 1.82) is 0 Å². The first kappa shape index (κ1) is 26.7. The largest absolute Gasteiger partial charge is 0.455 e.